The van der Waals surface area contributed by atoms with E-state index in [-0.39, 0.29) is 6.03 Å². The van der Waals surface area contributed by atoms with E-state index in [1.165, 1.54) is 11.3 Å². The number of para-hydroxylation sites is 1. The van der Waals surface area contributed by atoms with Gasteiger partial charge < -0.3 is 15.5 Å². The maximum Gasteiger partial charge on any atom is 0.319 e. The second-order valence-corrected chi connectivity index (χ2v) is 6.47. The predicted molar refractivity (Wildman–Crippen MR) is 93.4 cm³/mol. The van der Waals surface area contributed by atoms with Crippen LogP contribution in [0.5, 0.6) is 0 Å². The number of carbonyl (C=O) groups is 1. The minimum Gasteiger partial charge on any atom is -0.338 e. The molecule has 1 heterocycles. The van der Waals surface area contributed by atoms with E-state index in [9.17, 15) is 4.79 Å². The Hall–Kier alpha value is -2.49. The molecule has 2 aromatic rings. The van der Waals surface area contributed by atoms with Gasteiger partial charge in [0.2, 0.25) is 0 Å². The summed E-state index contributed by atoms with van der Waals surface area (Å²) in [6.45, 7) is 2.25. The van der Waals surface area contributed by atoms with Gasteiger partial charge in [-0.15, -0.1) is 0 Å². The largest absolute Gasteiger partial charge is 0.338 e. The quantitative estimate of drug-likeness (QED) is 0.898. The summed E-state index contributed by atoms with van der Waals surface area (Å²) in [6, 6.07) is 17.4. The number of amides is 2. The van der Waals surface area contributed by atoms with Crippen molar-refractivity contribution in [3.05, 3.63) is 54.1 Å². The van der Waals surface area contributed by atoms with Crippen molar-refractivity contribution < 1.29 is 4.79 Å². The third kappa shape index (κ3) is 2.89. The van der Waals surface area contributed by atoms with Crippen LogP contribution in [0.4, 0.5) is 21.9 Å². The van der Waals surface area contributed by atoms with E-state index in [2.05, 4.69) is 58.9 Å². The van der Waals surface area contributed by atoms with Crippen molar-refractivity contribution in [1.82, 2.24) is 5.32 Å². The van der Waals surface area contributed by atoms with Gasteiger partial charge in [-0.3, -0.25) is 0 Å². The monoisotopic (exact) mass is 307 g/mol. The van der Waals surface area contributed by atoms with Gasteiger partial charge in [-0.05, 0) is 62.1 Å². The molecule has 2 aliphatic rings. The van der Waals surface area contributed by atoms with Gasteiger partial charge in [0.05, 0.1) is 0 Å². The highest BCUT2D eigenvalue weighted by atomic mass is 16.2. The molecule has 1 atom stereocenters. The van der Waals surface area contributed by atoms with E-state index >= 15 is 0 Å². The van der Waals surface area contributed by atoms with E-state index in [1.54, 1.807) is 0 Å². The first-order valence-electron chi connectivity index (χ1n) is 8.25. The second kappa shape index (κ2) is 5.61. The third-order valence-electron chi connectivity index (χ3n) is 4.52. The van der Waals surface area contributed by atoms with Gasteiger partial charge in [-0.1, -0.05) is 18.2 Å². The molecular weight excluding hydrogens is 286 g/mol. The summed E-state index contributed by atoms with van der Waals surface area (Å²) in [5.74, 6) is 0. The molecule has 4 rings (SSSR count). The lowest BCUT2D eigenvalue weighted by molar-refractivity contribution is 0.251. The van der Waals surface area contributed by atoms with Crippen molar-refractivity contribution >= 4 is 23.1 Å². The molecule has 2 N–H and O–H groups in total. The maximum atomic E-state index is 11.8. The summed E-state index contributed by atoms with van der Waals surface area (Å²) < 4.78 is 0. The van der Waals surface area contributed by atoms with Crippen LogP contribution in [-0.4, -0.2) is 18.1 Å². The fourth-order valence-electron chi connectivity index (χ4n) is 3.24. The van der Waals surface area contributed by atoms with E-state index in [4.69, 9.17) is 0 Å². The fourth-order valence-corrected chi connectivity index (χ4v) is 3.24. The van der Waals surface area contributed by atoms with Crippen LogP contribution in [0.15, 0.2) is 48.5 Å². The Morgan fingerprint density at radius 2 is 1.83 bits per heavy atom. The lowest BCUT2D eigenvalue weighted by atomic mass is 10.1. The van der Waals surface area contributed by atoms with Crippen molar-refractivity contribution in [1.29, 1.82) is 0 Å². The highest BCUT2D eigenvalue weighted by Gasteiger charge is 2.26. The number of anilines is 3. The molecule has 1 unspecified atom stereocenters. The molecule has 118 valence electrons. The molecule has 2 aromatic carbocycles. The Bertz CT molecular complexity index is 722. The van der Waals surface area contributed by atoms with E-state index in [0.29, 0.717) is 12.1 Å². The number of hydrogen-bond acceptors (Lipinski definition) is 2. The number of rotatable bonds is 3. The van der Waals surface area contributed by atoms with Gasteiger partial charge in [-0.2, -0.15) is 0 Å². The highest BCUT2D eigenvalue weighted by molar-refractivity contribution is 5.90. The van der Waals surface area contributed by atoms with Crippen molar-refractivity contribution in [2.45, 2.75) is 38.3 Å². The minimum absolute atomic E-state index is 0.111. The molecule has 2 amide bonds. The molecule has 0 spiro atoms. The van der Waals surface area contributed by atoms with Crippen molar-refractivity contribution in [3.8, 4) is 0 Å². The van der Waals surface area contributed by atoms with Gasteiger partial charge in [0.1, 0.15) is 0 Å². The Morgan fingerprint density at radius 1 is 1.09 bits per heavy atom. The third-order valence-corrected chi connectivity index (χ3v) is 4.52. The molecule has 1 saturated carbocycles. The van der Waals surface area contributed by atoms with Crippen molar-refractivity contribution in [2.75, 3.05) is 10.2 Å². The van der Waals surface area contributed by atoms with Crippen molar-refractivity contribution in [3.63, 3.8) is 0 Å². The van der Waals surface area contributed by atoms with E-state index in [0.717, 1.165) is 30.6 Å². The first kappa shape index (κ1) is 14.1. The van der Waals surface area contributed by atoms with Crippen LogP contribution >= 0.6 is 0 Å². The number of urea groups is 1. The van der Waals surface area contributed by atoms with Gasteiger partial charge >= 0.3 is 6.03 Å². The topological polar surface area (TPSA) is 44.4 Å². The Morgan fingerprint density at radius 3 is 2.57 bits per heavy atom. The van der Waals surface area contributed by atoms with Crippen LogP contribution in [-0.2, 0) is 6.42 Å². The predicted octanol–water partition coefficient (Wildman–Crippen LogP) is 4.05. The van der Waals surface area contributed by atoms with Crippen LogP contribution < -0.4 is 15.5 Å². The van der Waals surface area contributed by atoms with Gasteiger partial charge in [0.15, 0.2) is 0 Å². The zero-order chi connectivity index (χ0) is 15.8. The van der Waals surface area contributed by atoms with Gasteiger partial charge in [-0.25, -0.2) is 4.79 Å². The summed E-state index contributed by atoms with van der Waals surface area (Å²) in [5.41, 5.74) is 4.67. The van der Waals surface area contributed by atoms with Gasteiger partial charge in [0, 0.05) is 29.1 Å². The number of benzene rings is 2. The van der Waals surface area contributed by atoms with Crippen LogP contribution in [0.3, 0.4) is 0 Å². The van der Waals surface area contributed by atoms with Gasteiger partial charge in [0.25, 0.3) is 0 Å². The van der Waals surface area contributed by atoms with Crippen LogP contribution in [0, 0.1) is 0 Å². The minimum atomic E-state index is -0.111. The Balaban J connectivity index is 1.50. The van der Waals surface area contributed by atoms with E-state index < -0.39 is 0 Å². The molecular formula is C19H21N3O. The van der Waals surface area contributed by atoms with Crippen LogP contribution in [0.2, 0.25) is 0 Å². The standard InChI is InChI=1S/C19H21N3O/c1-13-12-14-4-2-3-5-18(14)22(13)17-10-8-16(9-11-17)21-19(23)20-15-6-7-15/h2-5,8-11,13,15H,6-7,12H2,1H3,(H2,20,21,23). The zero-order valence-electron chi connectivity index (χ0n) is 13.3. The molecule has 0 radical (unpaired) electrons. The lowest BCUT2D eigenvalue weighted by Gasteiger charge is -2.25. The number of hydrogen-bond donors (Lipinski definition) is 2. The zero-order valence-corrected chi connectivity index (χ0v) is 13.3. The Labute approximate surface area is 136 Å². The molecule has 0 bridgehead atoms. The number of nitrogens with zero attached hydrogens (tertiary/aromatic N) is 1. The molecule has 1 fully saturated rings. The smallest absolute Gasteiger partial charge is 0.319 e. The average molecular weight is 307 g/mol. The van der Waals surface area contributed by atoms with Crippen LogP contribution in [0.25, 0.3) is 0 Å². The second-order valence-electron chi connectivity index (χ2n) is 6.47. The summed E-state index contributed by atoms with van der Waals surface area (Å²) >= 11 is 0. The molecule has 23 heavy (non-hydrogen) atoms. The molecule has 4 nitrogen and oxygen atoms in total. The first-order valence-corrected chi connectivity index (χ1v) is 8.25. The number of nitrogens with one attached hydrogen (secondary N) is 2. The highest BCUT2D eigenvalue weighted by Crippen LogP contribution is 2.38. The molecule has 0 saturated heterocycles. The summed E-state index contributed by atoms with van der Waals surface area (Å²) in [7, 11) is 0. The summed E-state index contributed by atoms with van der Waals surface area (Å²) in [6.07, 6.45) is 3.26. The van der Waals surface area contributed by atoms with E-state index in [1.807, 2.05) is 12.1 Å². The number of fused-ring (bicyclic) bond motifs is 1. The average Bonchev–Trinajstić information content (AvgIpc) is 3.28. The molecule has 1 aliphatic carbocycles. The first-order chi connectivity index (χ1) is 11.2. The fraction of sp³-hybridized carbons (Fsp3) is 0.316. The lowest BCUT2D eigenvalue weighted by Crippen LogP contribution is -2.30. The number of carbonyl (C=O) groups excluding carboxylic acids is 1. The summed E-state index contributed by atoms with van der Waals surface area (Å²) in [5, 5.41) is 5.82. The maximum absolute atomic E-state index is 11.8. The molecule has 0 aromatic heterocycles. The molecule has 1 aliphatic heterocycles. The molecule has 4 heteroatoms. The van der Waals surface area contributed by atoms with Crippen LogP contribution in [0.1, 0.15) is 25.3 Å². The SMILES string of the molecule is CC1Cc2ccccc2N1c1ccc(NC(=O)NC2CC2)cc1. The normalized spacial score (nSPS) is 19.3. The van der Waals surface area contributed by atoms with Crippen molar-refractivity contribution in [2.24, 2.45) is 0 Å². The summed E-state index contributed by atoms with van der Waals surface area (Å²) in [4.78, 5) is 14.2. The Kier molecular flexibility index (Phi) is 3.45.